The molecule has 32 heavy (non-hydrogen) atoms. The molecule has 0 N–H and O–H groups in total. The van der Waals surface area contributed by atoms with E-state index in [9.17, 15) is 4.79 Å². The third-order valence-electron chi connectivity index (χ3n) is 5.90. The quantitative estimate of drug-likeness (QED) is 0.514. The molecular weight excluding hydrogens is 408 g/mol. The monoisotopic (exact) mass is 436 g/mol. The van der Waals surface area contributed by atoms with Crippen LogP contribution in [0.1, 0.15) is 10.4 Å². The predicted octanol–water partition coefficient (Wildman–Crippen LogP) is 4.20. The van der Waals surface area contributed by atoms with Gasteiger partial charge in [-0.15, -0.1) is 0 Å². The number of rotatable bonds is 7. The molecular formula is C25H28N2O5. The number of carbonyl (C=O) groups excluding carboxylic acids is 1. The molecule has 2 heterocycles. The fourth-order valence-corrected chi connectivity index (χ4v) is 4.20. The van der Waals surface area contributed by atoms with Gasteiger partial charge in [0.15, 0.2) is 17.8 Å². The zero-order valence-electron chi connectivity index (χ0n) is 18.9. The number of likely N-dealkylation sites (N-methyl/N-ethyl adjacent to an activating group) is 1. The van der Waals surface area contributed by atoms with Crippen LogP contribution in [0.25, 0.3) is 22.5 Å². The molecule has 0 amide bonds. The molecule has 7 heteroatoms. The molecule has 0 saturated carbocycles. The molecule has 0 bridgehead atoms. The second-order valence-electron chi connectivity index (χ2n) is 7.73. The van der Waals surface area contributed by atoms with E-state index in [4.69, 9.17) is 18.6 Å². The largest absolute Gasteiger partial charge is 0.493 e. The summed E-state index contributed by atoms with van der Waals surface area (Å²) >= 11 is 0. The van der Waals surface area contributed by atoms with Gasteiger partial charge in [-0.2, -0.15) is 0 Å². The standard InChI is InChI=1S/C25H28N2O5/c1-26-9-11-27(12-10-26)20-8-7-17(21-6-5-13-32-21)14-19(20)23-18(16-28)15-22(29-2)24(30-3)25(23)31-4/h5-8,13-16H,9-12H2,1-4H3. The summed E-state index contributed by atoms with van der Waals surface area (Å²) in [5.74, 6) is 2.10. The van der Waals surface area contributed by atoms with Crippen LogP contribution in [0.15, 0.2) is 47.1 Å². The summed E-state index contributed by atoms with van der Waals surface area (Å²) in [5, 5.41) is 0. The van der Waals surface area contributed by atoms with Crippen LogP contribution in [0.3, 0.4) is 0 Å². The van der Waals surface area contributed by atoms with Crippen molar-refractivity contribution in [1.82, 2.24) is 4.90 Å². The summed E-state index contributed by atoms with van der Waals surface area (Å²) in [6.07, 6.45) is 2.48. The molecule has 1 aromatic heterocycles. The zero-order valence-corrected chi connectivity index (χ0v) is 18.9. The number of aldehydes is 1. The van der Waals surface area contributed by atoms with E-state index in [-0.39, 0.29) is 0 Å². The minimum atomic E-state index is 0.443. The molecule has 0 unspecified atom stereocenters. The lowest BCUT2D eigenvalue weighted by atomic mass is 9.93. The highest BCUT2D eigenvalue weighted by Gasteiger charge is 2.26. The maximum Gasteiger partial charge on any atom is 0.203 e. The number of anilines is 1. The van der Waals surface area contributed by atoms with Crippen molar-refractivity contribution in [2.24, 2.45) is 0 Å². The SMILES string of the molecule is COc1cc(C=O)c(-c2cc(-c3ccco3)ccc2N2CCN(C)CC2)c(OC)c1OC. The second-order valence-corrected chi connectivity index (χ2v) is 7.73. The predicted molar refractivity (Wildman–Crippen MR) is 124 cm³/mol. The Bertz CT molecular complexity index is 1090. The van der Waals surface area contributed by atoms with Gasteiger partial charge in [-0.25, -0.2) is 0 Å². The van der Waals surface area contributed by atoms with Gasteiger partial charge in [-0.1, -0.05) is 0 Å². The van der Waals surface area contributed by atoms with Crippen molar-refractivity contribution in [3.8, 4) is 39.7 Å². The Morgan fingerprint density at radius 3 is 2.28 bits per heavy atom. The van der Waals surface area contributed by atoms with Crippen molar-refractivity contribution in [1.29, 1.82) is 0 Å². The summed E-state index contributed by atoms with van der Waals surface area (Å²) in [4.78, 5) is 16.8. The fraction of sp³-hybridized carbons (Fsp3) is 0.320. The molecule has 0 atom stereocenters. The van der Waals surface area contributed by atoms with E-state index < -0.39 is 0 Å². The van der Waals surface area contributed by atoms with Crippen LogP contribution < -0.4 is 19.1 Å². The summed E-state index contributed by atoms with van der Waals surface area (Å²) in [6, 6.07) is 11.6. The maximum absolute atomic E-state index is 12.2. The van der Waals surface area contributed by atoms with E-state index in [2.05, 4.69) is 22.9 Å². The van der Waals surface area contributed by atoms with Gasteiger partial charge in [0.2, 0.25) is 5.75 Å². The highest BCUT2D eigenvalue weighted by atomic mass is 16.5. The fourth-order valence-electron chi connectivity index (χ4n) is 4.20. The summed E-state index contributed by atoms with van der Waals surface area (Å²) in [7, 11) is 6.80. The van der Waals surface area contributed by atoms with Crippen molar-refractivity contribution in [3.05, 3.63) is 48.2 Å². The topological polar surface area (TPSA) is 64.4 Å². The summed E-state index contributed by atoms with van der Waals surface area (Å²) in [5.41, 5.74) is 3.95. The molecule has 0 spiro atoms. The highest BCUT2D eigenvalue weighted by molar-refractivity contribution is 5.98. The number of hydrogen-bond acceptors (Lipinski definition) is 7. The minimum absolute atomic E-state index is 0.443. The van der Waals surface area contributed by atoms with E-state index in [0.717, 1.165) is 55.0 Å². The first-order valence-electron chi connectivity index (χ1n) is 10.5. The third kappa shape index (κ3) is 3.91. The van der Waals surface area contributed by atoms with E-state index in [1.54, 1.807) is 33.7 Å². The molecule has 7 nitrogen and oxygen atoms in total. The van der Waals surface area contributed by atoms with Crippen molar-refractivity contribution in [2.75, 3.05) is 59.5 Å². The first-order chi connectivity index (χ1) is 15.6. The van der Waals surface area contributed by atoms with Gasteiger partial charge >= 0.3 is 0 Å². The Hall–Kier alpha value is -3.45. The van der Waals surface area contributed by atoms with Gasteiger partial charge in [0.05, 0.1) is 27.6 Å². The number of piperazine rings is 1. The van der Waals surface area contributed by atoms with E-state index in [1.165, 1.54) is 0 Å². The van der Waals surface area contributed by atoms with Crippen LogP contribution in [0, 0.1) is 0 Å². The smallest absolute Gasteiger partial charge is 0.203 e. The zero-order chi connectivity index (χ0) is 22.7. The van der Waals surface area contributed by atoms with Crippen molar-refractivity contribution >= 4 is 12.0 Å². The molecule has 0 radical (unpaired) electrons. The lowest BCUT2D eigenvalue weighted by Gasteiger charge is -2.35. The molecule has 4 rings (SSSR count). The van der Waals surface area contributed by atoms with Gasteiger partial charge in [-0.05, 0) is 43.4 Å². The van der Waals surface area contributed by atoms with Gasteiger partial charge in [0, 0.05) is 54.1 Å². The number of nitrogens with zero attached hydrogens (tertiary/aromatic N) is 2. The summed E-state index contributed by atoms with van der Waals surface area (Å²) in [6.45, 7) is 3.69. The Balaban J connectivity index is 1.98. The normalized spacial score (nSPS) is 14.3. The van der Waals surface area contributed by atoms with Crippen LogP contribution in [-0.2, 0) is 0 Å². The number of hydrogen-bond donors (Lipinski definition) is 0. The van der Waals surface area contributed by atoms with Crippen LogP contribution >= 0.6 is 0 Å². The molecule has 2 aromatic carbocycles. The van der Waals surface area contributed by atoms with E-state index in [0.29, 0.717) is 28.4 Å². The highest BCUT2D eigenvalue weighted by Crippen LogP contribution is 2.49. The number of ether oxygens (including phenoxy) is 3. The average molecular weight is 437 g/mol. The van der Waals surface area contributed by atoms with Crippen molar-refractivity contribution < 1.29 is 23.4 Å². The molecule has 1 aliphatic heterocycles. The number of furan rings is 1. The summed E-state index contributed by atoms with van der Waals surface area (Å²) < 4.78 is 22.5. The van der Waals surface area contributed by atoms with Crippen LogP contribution in [0.2, 0.25) is 0 Å². The maximum atomic E-state index is 12.2. The molecule has 168 valence electrons. The number of benzene rings is 2. The lowest BCUT2D eigenvalue weighted by Crippen LogP contribution is -2.44. The minimum Gasteiger partial charge on any atom is -0.493 e. The van der Waals surface area contributed by atoms with E-state index in [1.807, 2.05) is 24.3 Å². The first kappa shape index (κ1) is 21.8. The average Bonchev–Trinajstić information content (AvgIpc) is 3.37. The first-order valence-corrected chi connectivity index (χ1v) is 10.5. The molecule has 1 saturated heterocycles. The Morgan fingerprint density at radius 1 is 0.938 bits per heavy atom. The second kappa shape index (κ2) is 9.36. The molecule has 0 aliphatic carbocycles. The molecule has 3 aromatic rings. The molecule has 1 aliphatic rings. The lowest BCUT2D eigenvalue weighted by molar-refractivity contribution is 0.112. The Labute approximate surface area is 188 Å². The third-order valence-corrected chi connectivity index (χ3v) is 5.90. The van der Waals surface area contributed by atoms with Crippen molar-refractivity contribution in [3.63, 3.8) is 0 Å². The van der Waals surface area contributed by atoms with Gasteiger partial charge in [0.1, 0.15) is 5.76 Å². The van der Waals surface area contributed by atoms with Gasteiger partial charge in [0.25, 0.3) is 0 Å². The van der Waals surface area contributed by atoms with Gasteiger partial charge < -0.3 is 28.4 Å². The van der Waals surface area contributed by atoms with Crippen LogP contribution in [-0.4, -0.2) is 65.7 Å². The number of carbonyl (C=O) groups is 1. The van der Waals surface area contributed by atoms with E-state index >= 15 is 0 Å². The van der Waals surface area contributed by atoms with Crippen LogP contribution in [0.4, 0.5) is 5.69 Å². The number of methoxy groups -OCH3 is 3. The molecule has 1 fully saturated rings. The Morgan fingerprint density at radius 2 is 1.69 bits per heavy atom. The Kier molecular flexibility index (Phi) is 6.37. The van der Waals surface area contributed by atoms with Crippen molar-refractivity contribution in [2.45, 2.75) is 0 Å². The van der Waals surface area contributed by atoms with Gasteiger partial charge in [-0.3, -0.25) is 4.79 Å². The van der Waals surface area contributed by atoms with Crippen LogP contribution in [0.5, 0.6) is 17.2 Å².